The van der Waals surface area contributed by atoms with Gasteiger partial charge in [0.15, 0.2) is 0 Å². The molecule has 0 heterocycles. The van der Waals surface area contributed by atoms with Crippen molar-refractivity contribution in [1.82, 2.24) is 0 Å². The van der Waals surface area contributed by atoms with E-state index in [1.165, 1.54) is 36.8 Å². The Labute approximate surface area is 164 Å². The number of benzene rings is 3. The topological polar surface area (TPSA) is 9.23 Å². The van der Waals surface area contributed by atoms with Crippen LogP contribution in [0.4, 0.5) is 0 Å². The first-order chi connectivity index (χ1) is 13.3. The van der Waals surface area contributed by atoms with Crippen LogP contribution in [0.1, 0.15) is 46.0 Å². The first-order valence-electron chi connectivity index (χ1n) is 10.2. The van der Waals surface area contributed by atoms with Crippen molar-refractivity contribution in [3.05, 3.63) is 78.9 Å². The van der Waals surface area contributed by atoms with E-state index in [4.69, 9.17) is 4.74 Å². The van der Waals surface area contributed by atoms with Crippen molar-refractivity contribution in [1.29, 1.82) is 0 Å². The molecule has 3 aromatic rings. The molecule has 0 radical (unpaired) electrons. The van der Waals surface area contributed by atoms with Gasteiger partial charge in [0.25, 0.3) is 0 Å². The van der Waals surface area contributed by atoms with E-state index in [1.807, 2.05) is 0 Å². The predicted molar refractivity (Wildman–Crippen MR) is 116 cm³/mol. The van der Waals surface area contributed by atoms with Crippen LogP contribution >= 0.6 is 0 Å². The molecule has 0 amide bonds. The zero-order valence-corrected chi connectivity index (χ0v) is 16.5. The fourth-order valence-electron chi connectivity index (χ4n) is 3.47. The summed E-state index contributed by atoms with van der Waals surface area (Å²) in [6.07, 6.45) is 6.39. The molecule has 27 heavy (non-hydrogen) atoms. The third-order valence-corrected chi connectivity index (χ3v) is 4.97. The summed E-state index contributed by atoms with van der Waals surface area (Å²) in [6.45, 7) is 4.45. The average Bonchev–Trinajstić information content (AvgIpc) is 2.73. The smallest absolute Gasteiger partial charge is 0.135 e. The lowest BCUT2D eigenvalue weighted by Crippen LogP contribution is -2.13. The summed E-state index contributed by atoms with van der Waals surface area (Å²) in [5, 5.41) is 0. The maximum Gasteiger partial charge on any atom is 0.135 e. The van der Waals surface area contributed by atoms with Crippen molar-refractivity contribution in [2.45, 2.75) is 52.1 Å². The second-order valence-corrected chi connectivity index (χ2v) is 7.19. The normalized spacial score (nSPS) is 11.9. The summed E-state index contributed by atoms with van der Waals surface area (Å²) in [7, 11) is 0. The maximum atomic E-state index is 6.57. The fourth-order valence-corrected chi connectivity index (χ4v) is 3.47. The van der Waals surface area contributed by atoms with Crippen molar-refractivity contribution >= 4 is 0 Å². The lowest BCUT2D eigenvalue weighted by Gasteiger charge is -2.21. The van der Waals surface area contributed by atoms with Crippen molar-refractivity contribution < 1.29 is 4.74 Å². The number of rotatable bonds is 9. The van der Waals surface area contributed by atoms with Crippen LogP contribution in [0, 0.1) is 0 Å². The Hall–Kier alpha value is -2.54. The highest BCUT2D eigenvalue weighted by Gasteiger charge is 2.15. The van der Waals surface area contributed by atoms with E-state index in [2.05, 4.69) is 92.7 Å². The highest BCUT2D eigenvalue weighted by atomic mass is 16.5. The summed E-state index contributed by atoms with van der Waals surface area (Å²) in [4.78, 5) is 0. The van der Waals surface area contributed by atoms with Crippen molar-refractivity contribution in [2.24, 2.45) is 0 Å². The Balaban J connectivity index is 1.93. The highest BCUT2D eigenvalue weighted by Crippen LogP contribution is 2.39. The summed E-state index contributed by atoms with van der Waals surface area (Å²) in [5.74, 6) is 0.998. The van der Waals surface area contributed by atoms with E-state index >= 15 is 0 Å². The van der Waals surface area contributed by atoms with E-state index in [0.717, 1.165) is 23.3 Å². The van der Waals surface area contributed by atoms with Crippen LogP contribution in [0.15, 0.2) is 78.9 Å². The van der Waals surface area contributed by atoms with Crippen LogP contribution < -0.4 is 4.74 Å². The molecule has 0 aliphatic rings. The molecular formula is C26H30O. The van der Waals surface area contributed by atoms with Gasteiger partial charge in [-0.1, -0.05) is 105 Å². The van der Waals surface area contributed by atoms with Gasteiger partial charge in [0, 0.05) is 11.1 Å². The molecule has 140 valence electrons. The average molecular weight is 359 g/mol. The number of hydrogen-bond donors (Lipinski definition) is 0. The lowest BCUT2D eigenvalue weighted by molar-refractivity contribution is 0.208. The summed E-state index contributed by atoms with van der Waals surface area (Å²) >= 11 is 0. The lowest BCUT2D eigenvalue weighted by atomic mass is 9.97. The molecule has 0 saturated carbocycles. The first kappa shape index (κ1) is 19.2. The van der Waals surface area contributed by atoms with E-state index < -0.39 is 0 Å². The molecule has 0 fully saturated rings. The van der Waals surface area contributed by atoms with Gasteiger partial charge in [0.05, 0.1) is 6.10 Å². The van der Waals surface area contributed by atoms with Crippen LogP contribution in [0.5, 0.6) is 5.75 Å². The predicted octanol–water partition coefficient (Wildman–Crippen LogP) is 7.76. The van der Waals surface area contributed by atoms with Gasteiger partial charge in [-0.3, -0.25) is 0 Å². The minimum Gasteiger partial charge on any atom is -0.489 e. The SMILES string of the molecule is CCCCCC[C@H](C)Oc1c(-c2ccccc2)cccc1-c1ccccc1. The Morgan fingerprint density at radius 3 is 1.74 bits per heavy atom. The molecule has 0 aromatic heterocycles. The molecular weight excluding hydrogens is 328 g/mol. The van der Waals surface area contributed by atoms with Gasteiger partial charge in [0.2, 0.25) is 0 Å². The van der Waals surface area contributed by atoms with Crippen LogP contribution in [0.2, 0.25) is 0 Å². The van der Waals surface area contributed by atoms with Gasteiger partial charge in [0.1, 0.15) is 5.75 Å². The third kappa shape index (κ3) is 5.23. The zero-order chi connectivity index (χ0) is 18.9. The molecule has 0 aliphatic carbocycles. The van der Waals surface area contributed by atoms with Crippen molar-refractivity contribution in [3.63, 3.8) is 0 Å². The Morgan fingerprint density at radius 2 is 1.22 bits per heavy atom. The molecule has 3 aromatic carbocycles. The Bertz CT molecular complexity index is 750. The monoisotopic (exact) mass is 358 g/mol. The van der Waals surface area contributed by atoms with Gasteiger partial charge < -0.3 is 4.74 Å². The molecule has 0 saturated heterocycles. The van der Waals surface area contributed by atoms with E-state index in [1.54, 1.807) is 0 Å². The van der Waals surface area contributed by atoms with Crippen LogP contribution in [-0.2, 0) is 0 Å². The zero-order valence-electron chi connectivity index (χ0n) is 16.5. The first-order valence-corrected chi connectivity index (χ1v) is 10.2. The molecule has 1 heteroatoms. The molecule has 0 bridgehead atoms. The van der Waals surface area contributed by atoms with E-state index in [0.29, 0.717) is 0 Å². The van der Waals surface area contributed by atoms with Crippen molar-refractivity contribution in [2.75, 3.05) is 0 Å². The van der Waals surface area contributed by atoms with Crippen LogP contribution in [-0.4, -0.2) is 6.10 Å². The number of unbranched alkanes of at least 4 members (excludes halogenated alkanes) is 3. The maximum absolute atomic E-state index is 6.57. The molecule has 0 unspecified atom stereocenters. The molecule has 0 spiro atoms. The molecule has 0 aliphatic heterocycles. The largest absolute Gasteiger partial charge is 0.489 e. The third-order valence-electron chi connectivity index (χ3n) is 4.97. The molecule has 1 atom stereocenters. The number of hydrogen-bond acceptors (Lipinski definition) is 1. The second-order valence-electron chi connectivity index (χ2n) is 7.19. The molecule has 1 nitrogen and oxygen atoms in total. The summed E-state index contributed by atoms with van der Waals surface area (Å²) < 4.78 is 6.57. The van der Waals surface area contributed by atoms with Crippen LogP contribution in [0.3, 0.4) is 0 Å². The second kappa shape index (κ2) is 9.97. The standard InChI is InChI=1S/C26H30O/c1-3-4-5-8-14-21(2)27-26-24(22-15-9-6-10-16-22)19-13-20-25(26)23-17-11-7-12-18-23/h6-7,9-13,15-21H,3-5,8,14H2,1-2H3/t21-/m0/s1. The summed E-state index contributed by atoms with van der Waals surface area (Å²) in [5.41, 5.74) is 4.72. The van der Waals surface area contributed by atoms with E-state index in [-0.39, 0.29) is 6.10 Å². The Morgan fingerprint density at radius 1 is 0.667 bits per heavy atom. The summed E-state index contributed by atoms with van der Waals surface area (Å²) in [6, 6.07) is 27.5. The minimum absolute atomic E-state index is 0.203. The van der Waals surface area contributed by atoms with Gasteiger partial charge in [-0.05, 0) is 30.9 Å². The van der Waals surface area contributed by atoms with E-state index in [9.17, 15) is 0 Å². The van der Waals surface area contributed by atoms with Gasteiger partial charge in [-0.2, -0.15) is 0 Å². The Kier molecular flexibility index (Phi) is 7.10. The highest BCUT2D eigenvalue weighted by molar-refractivity contribution is 5.82. The van der Waals surface area contributed by atoms with Gasteiger partial charge in [-0.15, -0.1) is 0 Å². The number of para-hydroxylation sites is 1. The van der Waals surface area contributed by atoms with Crippen molar-refractivity contribution in [3.8, 4) is 28.0 Å². The van der Waals surface area contributed by atoms with Gasteiger partial charge >= 0.3 is 0 Å². The fraction of sp³-hybridized carbons (Fsp3) is 0.308. The van der Waals surface area contributed by atoms with Crippen LogP contribution in [0.25, 0.3) is 22.3 Å². The number of ether oxygens (including phenoxy) is 1. The van der Waals surface area contributed by atoms with Gasteiger partial charge in [-0.25, -0.2) is 0 Å². The minimum atomic E-state index is 0.203. The molecule has 3 rings (SSSR count). The molecule has 0 N–H and O–H groups in total. The quantitative estimate of drug-likeness (QED) is 0.355.